The van der Waals surface area contributed by atoms with Crippen molar-refractivity contribution in [1.82, 2.24) is 0 Å². The minimum absolute atomic E-state index is 0.283. The molecule has 1 aromatic carbocycles. The van der Waals surface area contributed by atoms with Crippen LogP contribution in [0.1, 0.15) is 30.9 Å². The van der Waals surface area contributed by atoms with Crippen molar-refractivity contribution in [3.8, 4) is 0 Å². The molecule has 0 saturated carbocycles. The highest BCUT2D eigenvalue weighted by molar-refractivity contribution is 7.99. The lowest BCUT2D eigenvalue weighted by Gasteiger charge is -2.16. The molecule has 0 spiro atoms. The minimum atomic E-state index is 0.283. The van der Waals surface area contributed by atoms with Crippen molar-refractivity contribution in [2.24, 2.45) is 5.73 Å². The van der Waals surface area contributed by atoms with E-state index in [0.29, 0.717) is 0 Å². The van der Waals surface area contributed by atoms with Crippen molar-refractivity contribution in [1.29, 1.82) is 0 Å². The Hall–Kier alpha value is -0.470. The van der Waals surface area contributed by atoms with E-state index in [-0.39, 0.29) is 6.04 Å². The fourth-order valence-corrected chi connectivity index (χ4v) is 2.87. The van der Waals surface area contributed by atoms with Crippen LogP contribution in [0.4, 0.5) is 0 Å². The van der Waals surface area contributed by atoms with Crippen LogP contribution in [0.5, 0.6) is 0 Å². The quantitative estimate of drug-likeness (QED) is 0.794. The van der Waals surface area contributed by atoms with Crippen LogP contribution in [0.2, 0.25) is 0 Å². The SMILES string of the molecule is CC(N)CSc1ccc2c(c1)CCCC2. The van der Waals surface area contributed by atoms with Gasteiger partial charge in [-0.05, 0) is 55.9 Å². The highest BCUT2D eigenvalue weighted by atomic mass is 32.2. The third kappa shape index (κ3) is 2.99. The maximum Gasteiger partial charge on any atom is 0.0129 e. The van der Waals surface area contributed by atoms with Gasteiger partial charge in [0.2, 0.25) is 0 Å². The minimum Gasteiger partial charge on any atom is -0.327 e. The number of thioether (sulfide) groups is 1. The van der Waals surface area contributed by atoms with Gasteiger partial charge in [-0.15, -0.1) is 11.8 Å². The second-order valence-electron chi connectivity index (χ2n) is 4.43. The molecule has 0 aromatic heterocycles. The summed E-state index contributed by atoms with van der Waals surface area (Å²) in [7, 11) is 0. The van der Waals surface area contributed by atoms with Crippen molar-refractivity contribution in [2.75, 3.05) is 5.75 Å². The van der Waals surface area contributed by atoms with Crippen molar-refractivity contribution in [3.63, 3.8) is 0 Å². The predicted octanol–water partition coefficient (Wildman–Crippen LogP) is 3.00. The first-order valence-electron chi connectivity index (χ1n) is 5.76. The summed E-state index contributed by atoms with van der Waals surface area (Å²) in [6, 6.07) is 7.20. The Kier molecular flexibility index (Phi) is 3.71. The van der Waals surface area contributed by atoms with Crippen LogP contribution in [0.15, 0.2) is 23.1 Å². The summed E-state index contributed by atoms with van der Waals surface area (Å²) in [6.07, 6.45) is 5.25. The van der Waals surface area contributed by atoms with Gasteiger partial charge in [-0.1, -0.05) is 6.07 Å². The van der Waals surface area contributed by atoms with Gasteiger partial charge in [0.1, 0.15) is 0 Å². The van der Waals surface area contributed by atoms with E-state index in [9.17, 15) is 0 Å². The number of benzene rings is 1. The smallest absolute Gasteiger partial charge is 0.0129 e. The average molecular weight is 221 g/mol. The zero-order chi connectivity index (χ0) is 10.7. The third-order valence-electron chi connectivity index (χ3n) is 2.83. The van der Waals surface area contributed by atoms with E-state index in [1.54, 1.807) is 11.1 Å². The lowest BCUT2D eigenvalue weighted by molar-refractivity contribution is 0.683. The van der Waals surface area contributed by atoms with E-state index >= 15 is 0 Å². The number of hydrogen-bond acceptors (Lipinski definition) is 2. The number of fused-ring (bicyclic) bond motifs is 1. The van der Waals surface area contributed by atoms with E-state index in [4.69, 9.17) is 5.73 Å². The number of hydrogen-bond donors (Lipinski definition) is 1. The van der Waals surface area contributed by atoms with Crippen LogP contribution in [0, 0.1) is 0 Å². The Balaban J connectivity index is 2.07. The standard InChI is InChI=1S/C13H19NS/c1-10(14)9-15-13-7-6-11-4-2-3-5-12(11)8-13/h6-8,10H,2-5,9,14H2,1H3. The van der Waals surface area contributed by atoms with Gasteiger partial charge in [0, 0.05) is 16.7 Å². The van der Waals surface area contributed by atoms with Gasteiger partial charge >= 0.3 is 0 Å². The van der Waals surface area contributed by atoms with Gasteiger partial charge in [-0.2, -0.15) is 0 Å². The Morgan fingerprint density at radius 1 is 1.27 bits per heavy atom. The van der Waals surface area contributed by atoms with Crippen LogP contribution in [-0.2, 0) is 12.8 Å². The zero-order valence-corrected chi connectivity index (χ0v) is 10.1. The van der Waals surface area contributed by atoms with Gasteiger partial charge in [0.05, 0.1) is 0 Å². The van der Waals surface area contributed by atoms with Crippen molar-refractivity contribution in [2.45, 2.75) is 43.5 Å². The molecule has 0 amide bonds. The van der Waals surface area contributed by atoms with Gasteiger partial charge < -0.3 is 5.73 Å². The lowest BCUT2D eigenvalue weighted by atomic mass is 9.92. The van der Waals surface area contributed by atoms with Crippen molar-refractivity contribution in [3.05, 3.63) is 29.3 Å². The molecule has 1 aliphatic rings. The van der Waals surface area contributed by atoms with Crippen LogP contribution in [0.25, 0.3) is 0 Å². The second-order valence-corrected chi connectivity index (χ2v) is 5.52. The molecule has 82 valence electrons. The average Bonchev–Trinajstić information content (AvgIpc) is 2.26. The van der Waals surface area contributed by atoms with Crippen molar-refractivity contribution < 1.29 is 0 Å². The fraction of sp³-hybridized carbons (Fsp3) is 0.538. The summed E-state index contributed by atoms with van der Waals surface area (Å²) in [5.41, 5.74) is 8.88. The first-order valence-corrected chi connectivity index (χ1v) is 6.74. The van der Waals surface area contributed by atoms with E-state index in [1.807, 2.05) is 11.8 Å². The molecule has 1 nitrogen and oxygen atoms in total. The van der Waals surface area contributed by atoms with Gasteiger partial charge in [-0.3, -0.25) is 0 Å². The van der Waals surface area contributed by atoms with E-state index in [1.165, 1.54) is 30.6 Å². The molecule has 2 rings (SSSR count). The summed E-state index contributed by atoms with van der Waals surface area (Å²) in [5, 5.41) is 0. The Morgan fingerprint density at radius 3 is 2.73 bits per heavy atom. The molecule has 15 heavy (non-hydrogen) atoms. The molecule has 0 aliphatic heterocycles. The molecule has 1 aliphatic carbocycles. The highest BCUT2D eigenvalue weighted by Gasteiger charge is 2.09. The summed E-state index contributed by atoms with van der Waals surface area (Å²) in [5.74, 6) is 1.01. The molecule has 0 bridgehead atoms. The zero-order valence-electron chi connectivity index (χ0n) is 9.33. The molecule has 0 heterocycles. The first kappa shape index (κ1) is 11.0. The second kappa shape index (κ2) is 5.04. The lowest BCUT2D eigenvalue weighted by Crippen LogP contribution is -2.17. The predicted molar refractivity (Wildman–Crippen MR) is 67.5 cm³/mol. The molecule has 2 N–H and O–H groups in total. The van der Waals surface area contributed by atoms with Gasteiger partial charge in [0.15, 0.2) is 0 Å². The van der Waals surface area contributed by atoms with E-state index in [0.717, 1.165) is 5.75 Å². The monoisotopic (exact) mass is 221 g/mol. The Bertz CT molecular complexity index is 333. The van der Waals surface area contributed by atoms with Gasteiger partial charge in [-0.25, -0.2) is 0 Å². The summed E-state index contributed by atoms with van der Waals surface area (Å²) in [6.45, 7) is 2.06. The molecular weight excluding hydrogens is 202 g/mol. The van der Waals surface area contributed by atoms with Gasteiger partial charge in [0.25, 0.3) is 0 Å². The van der Waals surface area contributed by atoms with Crippen LogP contribution in [-0.4, -0.2) is 11.8 Å². The number of aryl methyl sites for hydroxylation is 2. The third-order valence-corrected chi connectivity index (χ3v) is 4.11. The molecule has 1 unspecified atom stereocenters. The van der Waals surface area contributed by atoms with E-state index < -0.39 is 0 Å². The first-order chi connectivity index (χ1) is 7.25. The number of rotatable bonds is 3. The summed E-state index contributed by atoms with van der Waals surface area (Å²) >= 11 is 1.88. The summed E-state index contributed by atoms with van der Waals surface area (Å²) in [4.78, 5) is 1.38. The Morgan fingerprint density at radius 2 is 2.00 bits per heavy atom. The molecule has 0 saturated heterocycles. The van der Waals surface area contributed by atoms with Crippen molar-refractivity contribution >= 4 is 11.8 Å². The van der Waals surface area contributed by atoms with Crippen LogP contribution >= 0.6 is 11.8 Å². The number of nitrogens with two attached hydrogens (primary N) is 1. The fourth-order valence-electron chi connectivity index (χ4n) is 2.03. The topological polar surface area (TPSA) is 26.0 Å². The van der Waals surface area contributed by atoms with Crippen LogP contribution < -0.4 is 5.73 Å². The van der Waals surface area contributed by atoms with Crippen LogP contribution in [0.3, 0.4) is 0 Å². The maximum absolute atomic E-state index is 5.76. The molecule has 0 radical (unpaired) electrons. The molecule has 2 heteroatoms. The molecule has 1 atom stereocenters. The Labute approximate surface area is 96.4 Å². The maximum atomic E-state index is 5.76. The van der Waals surface area contributed by atoms with E-state index in [2.05, 4.69) is 25.1 Å². The highest BCUT2D eigenvalue weighted by Crippen LogP contribution is 2.26. The molecular formula is C13H19NS. The molecule has 1 aromatic rings. The molecule has 0 fully saturated rings. The normalized spacial score (nSPS) is 17.2. The summed E-state index contributed by atoms with van der Waals surface area (Å²) < 4.78 is 0. The largest absolute Gasteiger partial charge is 0.327 e.